The molecule has 0 aliphatic carbocycles. The highest BCUT2D eigenvalue weighted by atomic mass is 16.4. The van der Waals surface area contributed by atoms with Crippen LogP contribution in [0.25, 0.3) is 0 Å². The number of carboxylic acid groups (broad SMARTS) is 6. The van der Waals surface area contributed by atoms with Gasteiger partial charge in [0, 0.05) is 71.1 Å². The first-order valence-corrected chi connectivity index (χ1v) is 41.6. The van der Waals surface area contributed by atoms with E-state index in [0.717, 1.165) is 77.0 Å². The lowest BCUT2D eigenvalue weighted by molar-refractivity contribution is -0.142. The third-order valence-corrected chi connectivity index (χ3v) is 17.6. The molecular weight excluding hydrogens is 1510 g/mol. The van der Waals surface area contributed by atoms with E-state index in [1.54, 1.807) is 0 Å². The van der Waals surface area contributed by atoms with Gasteiger partial charge in [-0.1, -0.05) is 227 Å². The van der Waals surface area contributed by atoms with E-state index in [1.807, 2.05) is 5.32 Å². The number of hydrogen-bond donors (Lipinski definition) is 18. The second kappa shape index (κ2) is 83.4. The summed E-state index contributed by atoms with van der Waals surface area (Å²) in [5.41, 5.74) is 29.6. The highest BCUT2D eigenvalue weighted by Crippen LogP contribution is 2.16. The molecule has 0 aromatic rings. The van der Waals surface area contributed by atoms with E-state index < -0.39 is 113 Å². The van der Waals surface area contributed by atoms with Gasteiger partial charge in [0.05, 0.1) is 0 Å². The Morgan fingerprint density at radius 3 is 0.517 bits per heavy atom. The summed E-state index contributed by atoms with van der Waals surface area (Å²) in [6, 6.07) is -6.20. The van der Waals surface area contributed by atoms with Crippen molar-refractivity contribution in [3.63, 3.8) is 0 Å². The predicted molar refractivity (Wildman–Crippen MR) is 437 cm³/mol. The normalized spacial score (nSPS) is 11.8. The molecule has 0 aliphatic rings. The maximum absolute atomic E-state index is 11.8. The average Bonchev–Trinajstić information content (AvgIpc) is 0.961. The van der Waals surface area contributed by atoms with Crippen molar-refractivity contribution < 1.29 is 117 Å². The Balaban J connectivity index is -0.000000318. The molecule has 0 bridgehead atoms. The molecule has 0 aromatic heterocycles. The fraction of sp³-hybridized carbons (Fsp3) is 0.775. The Kier molecular flexibility index (Phi) is 84.4. The van der Waals surface area contributed by atoms with Crippen LogP contribution in [0.3, 0.4) is 0 Å². The fourth-order valence-corrected chi connectivity index (χ4v) is 10.9. The lowest BCUT2D eigenvalue weighted by Gasteiger charge is -2.13. The molecule has 0 fully saturated rings. The van der Waals surface area contributed by atoms with Gasteiger partial charge >= 0.3 is 35.8 Å². The molecule has 0 unspecified atom stereocenters. The maximum atomic E-state index is 11.8. The minimum absolute atomic E-state index is 0.0173. The topological polar surface area (TPSA) is 657 Å². The number of nitrogens with one attached hydrogen (secondary N) is 6. The van der Waals surface area contributed by atoms with Crippen LogP contribution in [-0.4, -0.2) is 174 Å². The highest BCUT2D eigenvalue weighted by Gasteiger charge is 2.25. The summed E-state index contributed by atoms with van der Waals surface area (Å²) in [6.07, 6.45) is 42.0. The number of hydrogen-bond acceptors (Lipinski definition) is 18. The van der Waals surface area contributed by atoms with Gasteiger partial charge in [-0.05, 0) is 64.2 Å². The molecule has 116 heavy (non-hydrogen) atoms. The predicted octanol–water partition coefficient (Wildman–Crippen LogP) is 7.87. The van der Waals surface area contributed by atoms with Crippen LogP contribution in [0.15, 0.2) is 0 Å². The van der Waals surface area contributed by atoms with Crippen molar-refractivity contribution in [3.05, 3.63) is 0 Å². The van der Waals surface area contributed by atoms with Crippen LogP contribution in [-0.2, 0) is 86.3 Å². The first-order valence-electron chi connectivity index (χ1n) is 41.6. The number of carbonyl (C=O) groups excluding carboxylic acids is 12. The molecule has 0 radical (unpaired) electrons. The average molecular weight is 1660 g/mol. The van der Waals surface area contributed by atoms with Gasteiger partial charge in [0.2, 0.25) is 71.4 Å². The molecule has 36 nitrogen and oxygen atoms in total. The van der Waals surface area contributed by atoms with Gasteiger partial charge in [-0.15, -0.1) is 0 Å². The Hall–Kier alpha value is -9.54. The number of carboxylic acids is 6. The Bertz CT molecular complexity index is 2760. The molecule has 0 saturated heterocycles. The molecule has 36 heteroatoms. The molecule has 0 heterocycles. The van der Waals surface area contributed by atoms with E-state index in [-0.39, 0.29) is 107 Å². The smallest absolute Gasteiger partial charge is 0.326 e. The molecule has 0 aromatic carbocycles. The van der Waals surface area contributed by atoms with E-state index in [2.05, 4.69) is 54.3 Å². The van der Waals surface area contributed by atoms with Gasteiger partial charge in [0.25, 0.3) is 0 Å². The van der Waals surface area contributed by atoms with Gasteiger partial charge in [0.15, 0.2) is 0 Å². The summed E-state index contributed by atoms with van der Waals surface area (Å²) in [5.74, 6) is -11.9. The van der Waals surface area contributed by atoms with Crippen molar-refractivity contribution in [1.82, 2.24) is 31.9 Å². The standard InChI is InChI=1S/C19H36N2O4.C17H32N2O4.C16H30N2O4.C15H28N2O4.C7H12N2O4.C6H10N2O4/c1-2-3-4-5-6-7-8-9-10-11-12-13-18(23)21-16(19(24)25)14-15-17(20)22;1-2-3-4-5-6-7-8-9-10-11-16(21)19-14(17(22)23)12-13-15(18)20;1-2-3-4-5-6-7-8-9-10-15(20)18-13(16(21)22)11-12-14(17)19;1-2-3-4-5-6-7-8-9-14(19)17-12(15(20)21)10-11-13(16)18;1-4(10)9-5(7(12)13)2-3-6(8)11;7-5(10)2-1-4(6(11)12)8-3-9/h16H,2-15H2,1H3,(H2,20,22)(H,21,23)(H,24,25);14H,2-13H2,1H3,(H2,18,20)(H,19,21)(H,22,23);13H,2-12H2,1H3,(H2,17,19)(H,18,20)(H,21,22);12H,2-11H2,1H3,(H2,16,18)(H,17,19)(H,20,21);5H,2-3H2,1H3,(H2,8,11)(H,9,10)(H,12,13);3-4H,1-2H2,(H2,7,10)(H,8,9)(H,11,12)/t16-;14-;13-;12-;5-;4-/m000000/s1. The summed E-state index contributed by atoms with van der Waals surface area (Å²) < 4.78 is 0. The van der Waals surface area contributed by atoms with Gasteiger partial charge in [0.1, 0.15) is 36.3 Å². The monoisotopic (exact) mass is 1660 g/mol. The van der Waals surface area contributed by atoms with Crippen LogP contribution < -0.4 is 66.3 Å². The number of unbranched alkanes of at least 4 members (excludes halogenated alkanes) is 31. The van der Waals surface area contributed by atoms with Crippen molar-refractivity contribution in [2.75, 3.05) is 0 Å². The first-order chi connectivity index (χ1) is 54.9. The Morgan fingerprint density at radius 1 is 0.233 bits per heavy atom. The third kappa shape index (κ3) is 91.6. The SMILES string of the molecule is CC(=O)N[C@@H](CCC(N)=O)C(=O)O.CCCCCCCCCC(=O)N[C@@H](CCC(N)=O)C(=O)O.CCCCCCCCCCC(=O)N[C@@H](CCC(N)=O)C(=O)O.CCCCCCCCCCCC(=O)N[C@@H](CCC(N)=O)C(=O)O.CCCCCCCCCCCCCC(=O)N[C@@H](CCC(N)=O)C(=O)O.NC(=O)CC[C@H](NC=O)C(=O)O. The number of amides is 12. The number of nitrogens with two attached hydrogens (primary N) is 6. The van der Waals surface area contributed by atoms with Crippen molar-refractivity contribution in [2.24, 2.45) is 34.4 Å². The molecule has 0 rings (SSSR count). The summed E-state index contributed by atoms with van der Waals surface area (Å²) in [4.78, 5) is 195. The van der Waals surface area contributed by atoms with Crippen LogP contribution in [0, 0.1) is 0 Å². The molecule has 672 valence electrons. The zero-order valence-corrected chi connectivity index (χ0v) is 70.1. The number of aliphatic carboxylic acids is 6. The van der Waals surface area contributed by atoms with Crippen molar-refractivity contribution in [3.8, 4) is 0 Å². The summed E-state index contributed by atoms with van der Waals surface area (Å²) in [7, 11) is 0. The Labute approximate surface area is 686 Å². The van der Waals surface area contributed by atoms with E-state index in [9.17, 15) is 86.3 Å². The molecule has 12 amide bonds. The van der Waals surface area contributed by atoms with Gasteiger partial charge < -0.3 is 96.9 Å². The zero-order valence-electron chi connectivity index (χ0n) is 70.1. The van der Waals surface area contributed by atoms with Crippen LogP contribution in [0.4, 0.5) is 0 Å². The number of primary amides is 6. The lowest BCUT2D eigenvalue weighted by Crippen LogP contribution is -2.41. The Morgan fingerprint density at radius 2 is 0.379 bits per heavy atom. The van der Waals surface area contributed by atoms with Crippen molar-refractivity contribution in [1.29, 1.82) is 0 Å². The van der Waals surface area contributed by atoms with Crippen LogP contribution in [0.2, 0.25) is 0 Å². The maximum Gasteiger partial charge on any atom is 0.326 e. The third-order valence-electron chi connectivity index (χ3n) is 17.6. The highest BCUT2D eigenvalue weighted by molar-refractivity contribution is 5.87. The number of carbonyl (C=O) groups is 18. The van der Waals surface area contributed by atoms with Crippen LogP contribution in [0.5, 0.6) is 0 Å². The van der Waals surface area contributed by atoms with E-state index in [1.165, 1.54) is 155 Å². The fourth-order valence-electron chi connectivity index (χ4n) is 10.9. The minimum atomic E-state index is -1.18. The van der Waals surface area contributed by atoms with Gasteiger partial charge in [-0.2, -0.15) is 0 Å². The van der Waals surface area contributed by atoms with Crippen LogP contribution in [0.1, 0.15) is 362 Å². The summed E-state index contributed by atoms with van der Waals surface area (Å²) in [6.45, 7) is 9.99. The van der Waals surface area contributed by atoms with Crippen LogP contribution >= 0.6 is 0 Å². The minimum Gasteiger partial charge on any atom is -0.480 e. The van der Waals surface area contributed by atoms with E-state index in [4.69, 9.17) is 65.0 Å². The molecular formula is C80H148N12O24. The molecule has 24 N–H and O–H groups in total. The molecule has 0 aliphatic heterocycles. The summed E-state index contributed by atoms with van der Waals surface area (Å²) >= 11 is 0. The summed E-state index contributed by atoms with van der Waals surface area (Å²) in [5, 5.41) is 67.0. The second-order valence-electron chi connectivity index (χ2n) is 28.6. The quantitative estimate of drug-likeness (QED) is 0.0203. The number of rotatable bonds is 70. The second-order valence-corrected chi connectivity index (χ2v) is 28.6. The molecule has 6 atom stereocenters. The molecule has 0 saturated carbocycles. The molecule has 0 spiro atoms. The van der Waals surface area contributed by atoms with Crippen molar-refractivity contribution in [2.45, 2.75) is 398 Å². The lowest BCUT2D eigenvalue weighted by atomic mass is 10.0. The van der Waals surface area contributed by atoms with Gasteiger partial charge in [-0.25, -0.2) is 28.8 Å². The first kappa shape index (κ1) is 117. The van der Waals surface area contributed by atoms with Crippen molar-refractivity contribution >= 4 is 107 Å². The van der Waals surface area contributed by atoms with E-state index in [0.29, 0.717) is 25.7 Å². The van der Waals surface area contributed by atoms with E-state index >= 15 is 0 Å². The zero-order chi connectivity index (χ0) is 89.3. The largest absolute Gasteiger partial charge is 0.480 e. The van der Waals surface area contributed by atoms with Gasteiger partial charge in [-0.3, -0.25) is 57.5 Å².